The van der Waals surface area contributed by atoms with E-state index < -0.39 is 44.8 Å². The molecule has 5 rings (SSSR count). The Hall–Kier alpha value is -3.80. The van der Waals surface area contributed by atoms with Crippen molar-refractivity contribution in [3.63, 3.8) is 0 Å². The van der Waals surface area contributed by atoms with Gasteiger partial charge in [0.25, 0.3) is 6.10 Å². The molecule has 0 amide bonds. The van der Waals surface area contributed by atoms with Crippen molar-refractivity contribution in [3.05, 3.63) is 150 Å². The fraction of sp³-hybridized carbons (Fsp3) is 0.350. The van der Waals surface area contributed by atoms with Crippen LogP contribution in [-0.2, 0) is 64.1 Å². The molecule has 8 nitrogen and oxygen atoms in total. The quantitative estimate of drug-likeness (QED) is 0.0653. The van der Waals surface area contributed by atoms with E-state index in [0.29, 0.717) is 13.2 Å². The van der Waals surface area contributed by atoms with Gasteiger partial charge in [-0.25, -0.2) is 4.79 Å². The van der Waals surface area contributed by atoms with Crippen molar-refractivity contribution in [1.29, 1.82) is 0 Å². The van der Waals surface area contributed by atoms with Gasteiger partial charge in [0.1, 0.15) is 6.10 Å². The molecule has 1 saturated heterocycles. The average molecular weight is 684 g/mol. The third-order valence-electron chi connectivity index (χ3n) is 7.94. The number of benzene rings is 4. The Balaban J connectivity index is 1.53. The van der Waals surface area contributed by atoms with Crippen molar-refractivity contribution in [2.45, 2.75) is 76.6 Å². The second kappa shape index (κ2) is 18.3. The zero-order valence-corrected chi connectivity index (χ0v) is 29.7. The molecule has 258 valence electrons. The van der Waals surface area contributed by atoms with Crippen LogP contribution in [0.5, 0.6) is 0 Å². The first kappa shape index (κ1) is 36.5. The van der Waals surface area contributed by atoms with Crippen LogP contribution in [-0.4, -0.2) is 58.5 Å². The average Bonchev–Trinajstić information content (AvgIpc) is 3.12. The van der Waals surface area contributed by atoms with Crippen LogP contribution in [0.25, 0.3) is 0 Å². The zero-order valence-electron chi connectivity index (χ0n) is 28.7. The fourth-order valence-corrected chi connectivity index (χ4v) is 6.52. The summed E-state index contributed by atoms with van der Waals surface area (Å²) in [6.45, 7) is 7.41. The first-order chi connectivity index (χ1) is 23.8. The minimum Gasteiger partial charge on any atom is -0.464 e. The van der Waals surface area contributed by atoms with Gasteiger partial charge in [-0.2, -0.15) is 4.74 Å². The van der Waals surface area contributed by atoms with Gasteiger partial charge in [-0.3, -0.25) is 0 Å². The Labute approximate surface area is 291 Å². The molecule has 0 spiro atoms. The van der Waals surface area contributed by atoms with E-state index >= 15 is 0 Å². The molecule has 5 atom stereocenters. The van der Waals surface area contributed by atoms with Crippen LogP contribution >= 0.6 is 0 Å². The predicted octanol–water partition coefficient (Wildman–Crippen LogP) is 7.28. The van der Waals surface area contributed by atoms with Gasteiger partial charge in [-0.05, 0) is 41.9 Å². The van der Waals surface area contributed by atoms with Crippen molar-refractivity contribution in [2.24, 2.45) is 0 Å². The Kier molecular flexibility index (Phi) is 13.6. The molecule has 0 saturated carbocycles. The van der Waals surface area contributed by atoms with Gasteiger partial charge in [0.15, 0.2) is 20.5 Å². The van der Waals surface area contributed by atoms with Crippen molar-refractivity contribution >= 4 is 14.3 Å². The summed E-state index contributed by atoms with van der Waals surface area (Å²) in [6.07, 6.45) is -3.73. The number of carbonyl (C=O) groups is 1. The van der Waals surface area contributed by atoms with E-state index in [4.69, 9.17) is 32.8 Å². The van der Waals surface area contributed by atoms with Crippen LogP contribution in [0.2, 0.25) is 19.6 Å². The lowest BCUT2D eigenvalue weighted by molar-refractivity contribution is -0.252. The van der Waals surface area contributed by atoms with E-state index in [-0.39, 0.29) is 25.9 Å². The Bertz CT molecular complexity index is 1520. The van der Waals surface area contributed by atoms with Gasteiger partial charge in [-0.15, -0.1) is 0 Å². The smallest absolute Gasteiger partial charge is 0.386 e. The summed E-state index contributed by atoms with van der Waals surface area (Å²) in [5.41, 5.74) is 3.97. The van der Waals surface area contributed by atoms with E-state index in [1.165, 1.54) is 7.11 Å². The van der Waals surface area contributed by atoms with Crippen molar-refractivity contribution in [1.82, 2.24) is 0 Å². The molecular weight excluding hydrogens is 637 g/mol. The summed E-state index contributed by atoms with van der Waals surface area (Å²) in [5.74, 6) is -0.569. The molecule has 0 aromatic heterocycles. The number of ether oxygens (including phenoxy) is 6. The summed E-state index contributed by atoms with van der Waals surface area (Å²) in [5, 5.41) is 0. The van der Waals surface area contributed by atoms with E-state index in [2.05, 4.69) is 0 Å². The van der Waals surface area contributed by atoms with Crippen LogP contribution < -0.4 is 0 Å². The highest BCUT2D eigenvalue weighted by atomic mass is 28.4. The molecular formula is C40H47O8Si+. The number of methoxy groups -OCH3 is 1. The van der Waals surface area contributed by atoms with Crippen LogP contribution in [0.15, 0.2) is 121 Å². The largest absolute Gasteiger partial charge is 0.464 e. The zero-order chi connectivity index (χ0) is 34.5. The number of hydrogen-bond acceptors (Lipinski definition) is 8. The van der Waals surface area contributed by atoms with Crippen molar-refractivity contribution < 1.29 is 37.6 Å². The highest BCUT2D eigenvalue weighted by Crippen LogP contribution is 2.38. The Morgan fingerprint density at radius 2 is 1.08 bits per heavy atom. The first-order valence-electron chi connectivity index (χ1n) is 16.7. The maximum absolute atomic E-state index is 13.5. The van der Waals surface area contributed by atoms with Gasteiger partial charge < -0.3 is 28.1 Å². The SMILES string of the molecule is COC(=O)C(O[Si](C)(C)C)[C+]1OC(COCc2ccccc2)[C@H](OCc2ccccc2)[C@H](OCc2ccccc2)C1OCc1ccccc1. The number of hydrogen-bond donors (Lipinski definition) is 0. The van der Waals surface area contributed by atoms with Gasteiger partial charge in [-0.1, -0.05) is 121 Å². The molecule has 9 heteroatoms. The van der Waals surface area contributed by atoms with Crippen LogP contribution in [0, 0.1) is 6.10 Å². The minimum atomic E-state index is -2.32. The third-order valence-corrected chi connectivity index (χ3v) is 8.88. The number of carbonyl (C=O) groups excluding carboxylic acids is 1. The highest BCUT2D eigenvalue weighted by Gasteiger charge is 2.63. The molecule has 1 heterocycles. The summed E-state index contributed by atoms with van der Waals surface area (Å²) in [4.78, 5) is 13.5. The lowest BCUT2D eigenvalue weighted by Gasteiger charge is -2.40. The maximum Gasteiger partial charge on any atom is 0.386 e. The summed E-state index contributed by atoms with van der Waals surface area (Å²) >= 11 is 0. The molecule has 0 N–H and O–H groups in total. The molecule has 0 aliphatic carbocycles. The fourth-order valence-electron chi connectivity index (χ4n) is 5.60. The molecule has 0 radical (unpaired) electrons. The lowest BCUT2D eigenvalue weighted by atomic mass is 9.91. The lowest BCUT2D eigenvalue weighted by Crippen LogP contribution is -2.62. The predicted molar refractivity (Wildman–Crippen MR) is 190 cm³/mol. The normalized spacial score (nSPS) is 20.1. The topological polar surface area (TPSA) is 81.7 Å². The van der Waals surface area contributed by atoms with Crippen LogP contribution in [0.4, 0.5) is 0 Å². The molecule has 3 unspecified atom stereocenters. The standard InChI is InChI=1S/C40H47O8Si/c1-42-40(41)39(48-49(2,3)4)38-37(46-28-33-23-15-8-16-24-33)36(45-27-32-21-13-7-14-22-32)35(44-26-31-19-11-6-12-20-31)34(47-38)29-43-25-30-17-9-5-10-18-30/h5-24,34-37,39H,25-29H2,1-4H3/q+1/t34?,35-,36-,37?,39?/m0/s1. The van der Waals surface area contributed by atoms with Gasteiger partial charge in [0.05, 0.1) is 40.1 Å². The molecule has 4 aromatic rings. The first-order valence-corrected chi connectivity index (χ1v) is 20.1. The maximum atomic E-state index is 13.5. The number of esters is 1. The van der Waals surface area contributed by atoms with E-state index in [9.17, 15) is 4.79 Å². The van der Waals surface area contributed by atoms with E-state index in [1.807, 2.05) is 141 Å². The van der Waals surface area contributed by atoms with Crippen LogP contribution in [0.3, 0.4) is 0 Å². The third kappa shape index (κ3) is 11.1. The Morgan fingerprint density at radius 1 is 0.653 bits per heavy atom. The molecule has 49 heavy (non-hydrogen) atoms. The highest BCUT2D eigenvalue weighted by molar-refractivity contribution is 6.69. The molecule has 1 fully saturated rings. The van der Waals surface area contributed by atoms with Crippen molar-refractivity contribution in [2.75, 3.05) is 13.7 Å². The molecule has 0 bridgehead atoms. The van der Waals surface area contributed by atoms with E-state index in [0.717, 1.165) is 22.3 Å². The Morgan fingerprint density at radius 3 is 1.53 bits per heavy atom. The summed E-state index contributed by atoms with van der Waals surface area (Å²) < 4.78 is 45.1. The second-order valence-corrected chi connectivity index (χ2v) is 17.4. The van der Waals surface area contributed by atoms with Gasteiger partial charge in [0, 0.05) is 0 Å². The summed E-state index contributed by atoms with van der Waals surface area (Å²) in [7, 11) is -0.972. The molecule has 4 aromatic carbocycles. The summed E-state index contributed by atoms with van der Waals surface area (Å²) in [6, 6.07) is 39.7. The van der Waals surface area contributed by atoms with Crippen molar-refractivity contribution in [3.8, 4) is 0 Å². The molecule has 1 aliphatic heterocycles. The van der Waals surface area contributed by atoms with E-state index in [1.54, 1.807) is 0 Å². The molecule has 1 aliphatic rings. The van der Waals surface area contributed by atoms with Crippen LogP contribution in [0.1, 0.15) is 22.3 Å². The monoisotopic (exact) mass is 683 g/mol. The second-order valence-electron chi connectivity index (χ2n) is 12.9. The minimum absolute atomic E-state index is 0.162. The van der Waals surface area contributed by atoms with Gasteiger partial charge in [0.2, 0.25) is 0 Å². The van der Waals surface area contributed by atoms with Gasteiger partial charge >= 0.3 is 18.2 Å². The number of rotatable bonds is 17.